The van der Waals surface area contributed by atoms with Gasteiger partial charge in [0.05, 0.1) is 26.2 Å². The summed E-state index contributed by atoms with van der Waals surface area (Å²) in [7, 11) is 0. The zero-order chi connectivity index (χ0) is 17.9. The van der Waals surface area contributed by atoms with Crippen LogP contribution < -0.4 is 0 Å². The van der Waals surface area contributed by atoms with Gasteiger partial charge in [0.25, 0.3) is 0 Å². The summed E-state index contributed by atoms with van der Waals surface area (Å²) in [5.74, 6) is 0. The van der Waals surface area contributed by atoms with Gasteiger partial charge in [0.1, 0.15) is 0 Å². The predicted octanol–water partition coefficient (Wildman–Crippen LogP) is 7.72. The third-order valence-corrected chi connectivity index (χ3v) is 6.03. The normalized spacial score (nSPS) is 12.0. The predicted molar refractivity (Wildman–Crippen MR) is 115 cm³/mol. The van der Waals surface area contributed by atoms with Gasteiger partial charge in [0.2, 0.25) is 0 Å². The van der Waals surface area contributed by atoms with Gasteiger partial charge in [0.15, 0.2) is 0 Å². The zero-order valence-electron chi connectivity index (χ0n) is 17.3. The first-order chi connectivity index (χ1) is 11.7. The lowest BCUT2D eigenvalue weighted by Gasteiger charge is -2.39. The molecule has 2 heteroatoms. The van der Waals surface area contributed by atoms with Crippen LogP contribution >= 0.6 is 15.9 Å². The SMILES string of the molecule is CCCCCC[N+](CCCCBr)(CCCCCC)CCCCCC. The second kappa shape index (κ2) is 18.2. The molecule has 0 aromatic heterocycles. The van der Waals surface area contributed by atoms with Crippen LogP contribution in [-0.4, -0.2) is 36.0 Å². The fraction of sp³-hybridized carbons (Fsp3) is 1.00. The van der Waals surface area contributed by atoms with Crippen LogP contribution in [0.5, 0.6) is 0 Å². The Morgan fingerprint density at radius 2 is 0.792 bits per heavy atom. The molecular formula is C22H47BrN+. The Morgan fingerprint density at radius 3 is 1.08 bits per heavy atom. The van der Waals surface area contributed by atoms with Gasteiger partial charge < -0.3 is 4.48 Å². The minimum absolute atomic E-state index is 1.18. The molecule has 146 valence electrons. The van der Waals surface area contributed by atoms with E-state index in [1.165, 1.54) is 126 Å². The summed E-state index contributed by atoms with van der Waals surface area (Å²) < 4.78 is 1.43. The third kappa shape index (κ3) is 13.7. The van der Waals surface area contributed by atoms with Gasteiger partial charge in [-0.05, 0) is 51.4 Å². The molecule has 0 heterocycles. The molecule has 0 aromatic rings. The van der Waals surface area contributed by atoms with Gasteiger partial charge >= 0.3 is 0 Å². The summed E-state index contributed by atoms with van der Waals surface area (Å²) in [5.41, 5.74) is 0. The number of nitrogens with zero attached hydrogens (tertiary/aromatic N) is 1. The summed E-state index contributed by atoms with van der Waals surface area (Å²) in [5, 5.41) is 1.18. The molecule has 0 aliphatic rings. The van der Waals surface area contributed by atoms with Crippen LogP contribution in [0.2, 0.25) is 0 Å². The van der Waals surface area contributed by atoms with Crippen molar-refractivity contribution in [2.45, 2.75) is 111 Å². The maximum absolute atomic E-state index is 3.63. The van der Waals surface area contributed by atoms with Crippen LogP contribution in [-0.2, 0) is 0 Å². The van der Waals surface area contributed by atoms with E-state index in [-0.39, 0.29) is 0 Å². The first-order valence-electron chi connectivity index (χ1n) is 11.2. The smallest absolute Gasteiger partial charge is 0.0786 e. The maximum atomic E-state index is 3.63. The Morgan fingerprint density at radius 1 is 0.458 bits per heavy atom. The monoisotopic (exact) mass is 404 g/mol. The second-order valence-corrected chi connectivity index (χ2v) is 8.61. The average Bonchev–Trinajstić information content (AvgIpc) is 2.60. The van der Waals surface area contributed by atoms with Crippen molar-refractivity contribution in [3.05, 3.63) is 0 Å². The molecule has 0 aromatic carbocycles. The summed E-state index contributed by atoms with van der Waals surface area (Å²) in [4.78, 5) is 0. The summed E-state index contributed by atoms with van der Waals surface area (Å²) in [6, 6.07) is 0. The molecule has 0 saturated heterocycles. The van der Waals surface area contributed by atoms with E-state index >= 15 is 0 Å². The number of alkyl halides is 1. The number of quaternary nitrogens is 1. The molecule has 0 bridgehead atoms. The lowest BCUT2D eigenvalue weighted by atomic mass is 10.1. The van der Waals surface area contributed by atoms with Crippen molar-refractivity contribution in [1.29, 1.82) is 0 Å². The first-order valence-corrected chi connectivity index (χ1v) is 12.3. The van der Waals surface area contributed by atoms with Crippen LogP contribution in [0.4, 0.5) is 0 Å². The molecule has 0 spiro atoms. The number of rotatable bonds is 19. The first kappa shape index (κ1) is 24.4. The molecule has 1 nitrogen and oxygen atoms in total. The van der Waals surface area contributed by atoms with Crippen molar-refractivity contribution in [2.75, 3.05) is 31.5 Å². The highest BCUT2D eigenvalue weighted by Crippen LogP contribution is 2.19. The van der Waals surface area contributed by atoms with E-state index in [1.54, 1.807) is 0 Å². The van der Waals surface area contributed by atoms with Gasteiger partial charge in [-0.25, -0.2) is 0 Å². The highest BCUT2D eigenvalue weighted by molar-refractivity contribution is 9.09. The molecule has 0 aliphatic carbocycles. The number of halogens is 1. The molecule has 0 aliphatic heterocycles. The molecule has 0 fully saturated rings. The van der Waals surface area contributed by atoms with Crippen molar-refractivity contribution in [3.8, 4) is 0 Å². The van der Waals surface area contributed by atoms with Gasteiger partial charge in [-0.3, -0.25) is 0 Å². The van der Waals surface area contributed by atoms with Gasteiger partial charge in [-0.15, -0.1) is 0 Å². The molecular weight excluding hydrogens is 358 g/mol. The van der Waals surface area contributed by atoms with Crippen LogP contribution in [0.15, 0.2) is 0 Å². The number of hydrogen-bond donors (Lipinski definition) is 0. The van der Waals surface area contributed by atoms with Crippen molar-refractivity contribution in [3.63, 3.8) is 0 Å². The van der Waals surface area contributed by atoms with E-state index in [4.69, 9.17) is 0 Å². The Balaban J connectivity index is 4.58. The van der Waals surface area contributed by atoms with Gasteiger partial charge in [-0.1, -0.05) is 75.2 Å². The molecule has 0 N–H and O–H groups in total. The topological polar surface area (TPSA) is 0 Å². The fourth-order valence-electron chi connectivity index (χ4n) is 3.83. The molecule has 0 unspecified atom stereocenters. The molecule has 24 heavy (non-hydrogen) atoms. The van der Waals surface area contributed by atoms with E-state index in [9.17, 15) is 0 Å². The fourth-order valence-corrected chi connectivity index (χ4v) is 4.23. The van der Waals surface area contributed by atoms with Crippen molar-refractivity contribution in [2.24, 2.45) is 0 Å². The molecule has 0 rings (SSSR count). The standard InChI is InChI=1S/C22H47BrN/c1-4-7-10-14-19-24(22-17-13-18-23,20-15-11-8-5-2)21-16-12-9-6-3/h4-22H2,1-3H3/q+1. The van der Waals surface area contributed by atoms with E-state index in [2.05, 4.69) is 36.7 Å². The molecule has 0 amide bonds. The Kier molecular flexibility index (Phi) is 18.6. The lowest BCUT2D eigenvalue weighted by Crippen LogP contribution is -2.50. The second-order valence-electron chi connectivity index (χ2n) is 7.81. The highest BCUT2D eigenvalue weighted by atomic mass is 79.9. The Labute approximate surface area is 162 Å². The van der Waals surface area contributed by atoms with Crippen molar-refractivity contribution >= 4 is 15.9 Å². The molecule has 0 atom stereocenters. The van der Waals surface area contributed by atoms with Crippen LogP contribution in [0.3, 0.4) is 0 Å². The van der Waals surface area contributed by atoms with E-state index in [0.29, 0.717) is 0 Å². The third-order valence-electron chi connectivity index (χ3n) is 5.47. The minimum Gasteiger partial charge on any atom is -0.324 e. The quantitative estimate of drug-likeness (QED) is 0.117. The summed E-state index contributed by atoms with van der Waals surface area (Å²) >= 11 is 3.63. The largest absolute Gasteiger partial charge is 0.324 e. The van der Waals surface area contributed by atoms with E-state index in [0.717, 1.165) is 0 Å². The van der Waals surface area contributed by atoms with Crippen LogP contribution in [0, 0.1) is 0 Å². The number of unbranched alkanes of at least 4 members (excludes halogenated alkanes) is 10. The van der Waals surface area contributed by atoms with Gasteiger partial charge in [-0.2, -0.15) is 0 Å². The van der Waals surface area contributed by atoms with Gasteiger partial charge in [0, 0.05) is 5.33 Å². The average molecular weight is 406 g/mol. The molecule has 0 radical (unpaired) electrons. The highest BCUT2D eigenvalue weighted by Gasteiger charge is 2.25. The van der Waals surface area contributed by atoms with Crippen LogP contribution in [0.1, 0.15) is 111 Å². The zero-order valence-corrected chi connectivity index (χ0v) is 18.8. The Hall–Kier alpha value is 0.440. The van der Waals surface area contributed by atoms with E-state index < -0.39 is 0 Å². The number of hydrogen-bond acceptors (Lipinski definition) is 0. The van der Waals surface area contributed by atoms with Crippen LogP contribution in [0.25, 0.3) is 0 Å². The minimum atomic E-state index is 1.18. The lowest BCUT2D eigenvalue weighted by molar-refractivity contribution is -0.929. The Bertz CT molecular complexity index is 211. The van der Waals surface area contributed by atoms with Crippen molar-refractivity contribution < 1.29 is 4.48 Å². The van der Waals surface area contributed by atoms with Crippen molar-refractivity contribution in [1.82, 2.24) is 0 Å². The summed E-state index contributed by atoms with van der Waals surface area (Å²) in [6.45, 7) is 12.7. The summed E-state index contributed by atoms with van der Waals surface area (Å²) in [6.07, 6.45) is 19.8. The molecule has 0 saturated carbocycles. The maximum Gasteiger partial charge on any atom is 0.0786 e. The van der Waals surface area contributed by atoms with E-state index in [1.807, 2.05) is 0 Å².